The molecule has 0 saturated carbocycles. The van der Waals surface area contributed by atoms with Gasteiger partial charge in [0.1, 0.15) is 65.2 Å². The number of carbonyl (C=O) groups is 14. The van der Waals surface area contributed by atoms with Crippen molar-refractivity contribution in [3.05, 3.63) is 11.4 Å². The highest BCUT2D eigenvalue weighted by atomic mass is 16.6. The highest BCUT2D eigenvalue weighted by Crippen LogP contribution is 2.46. The minimum absolute atomic E-state index is 0.0445. The Hall–Kier alpha value is -8.88. The molecule has 830 valence electrons. The lowest BCUT2D eigenvalue weighted by molar-refractivity contribution is -0.151. The summed E-state index contributed by atoms with van der Waals surface area (Å²) in [4.78, 5) is 162. The van der Waals surface area contributed by atoms with Gasteiger partial charge in [0, 0.05) is 85.7 Å². The van der Waals surface area contributed by atoms with Gasteiger partial charge >= 0.3 is 77.6 Å². The van der Waals surface area contributed by atoms with Gasteiger partial charge in [-0.05, 0) is 194 Å². The Morgan fingerprint density at radius 1 is 0.286 bits per heavy atom. The number of methoxy groups -OCH3 is 2. The number of ketones is 1. The van der Waals surface area contributed by atoms with Crippen molar-refractivity contribution in [2.75, 3.05) is 198 Å². The van der Waals surface area contributed by atoms with E-state index in [4.69, 9.17) is 102 Å². The number of Topliss-reactive ketones (excluding diaryl/α,β-unsaturated/α-hetero) is 1. The SMILES string of the molecule is CC(=O)CNCCOC(=O)C1CC2CCC1O2.CC(=O)OCCCNCCOC(=O)C1CC2CCC1O2.CC(=O)OCCNCCOC(=O)C1CC2CCC1O2.CCOC(=O)CCCNCCOC(=O)C1CC2CCC1O2.COC(=O)CCNCCOC(=O)C1CC2CCC1O2.COC(=O)CNCCOC(=O)C1CC2CCC1O2.N#CCNCCOC(=O)C1CC2CCC1O2.[C-]#[N+]CCNCCOC(=O)C1CC2CCC1O2. The van der Waals surface area contributed by atoms with E-state index in [0.717, 1.165) is 173 Å². The lowest BCUT2D eigenvalue weighted by Gasteiger charge is -2.17. The number of hydrogen-bond donors (Lipinski definition) is 8. The van der Waals surface area contributed by atoms with Gasteiger partial charge in [0.15, 0.2) is 0 Å². The Kier molecular flexibility index (Phi) is 57.0. The number of nitrogens with zero attached hydrogens (tertiary/aromatic N) is 2. The molecule has 0 radical (unpaired) electrons. The van der Waals surface area contributed by atoms with Crippen molar-refractivity contribution in [3.8, 4) is 6.07 Å². The van der Waals surface area contributed by atoms with E-state index >= 15 is 0 Å². The zero-order valence-corrected chi connectivity index (χ0v) is 86.6. The third kappa shape index (κ3) is 44.5. The zero-order chi connectivity index (χ0) is 105. The monoisotopic (exact) mass is 2090 g/mol. The fraction of sp³-hybridized carbons (Fsp3) is 0.843. The standard InChI is InChI=1S/C15H25NO5.C14H23NO5.2C13H21NO5.C12H18N2O3.C12H19NO5.C12H19NO4.C11H16N2O3/c1-2-19-14(17)4-3-7-16-8-9-20-15(18)12-10-11-5-6-13(12)21-11;1-10(16)18-7-2-5-15-6-8-19-14(17)12-9-11-3-4-13(12)20-11;1-9(15)17-6-4-14-5-7-18-13(16)11-8-10-2-3-12(11)19-10;1-17-12(15)4-5-14-6-7-18-13(16)10-8-9-2-3-11(10)19-9;1-13-4-5-14-6-7-16-12(15)10-8-9-2-3-11(10)17-9;1-16-11(14)7-13-4-5-17-12(15)9-6-8-2-3-10(9)18-8;1-8(14)7-13-4-5-16-12(15)10-6-9-2-3-11(10)17-9;12-3-4-13-5-6-15-11(14)9-7-8-1-2-10(9)16-8/h11-13,16H,2-10H2,1H3;11-13,15H,2-9H2,1H3;10-12,14H,2-8H2,1H3;9-11,14H,2-8H2,1H3;9-11,14H,2-8H2;8-10,13H,2-7H2,1H3;9-11,13H,2-7H2,1H3;8-10,13H,1-2,4-7H2. The predicted molar refractivity (Wildman–Crippen MR) is 519 cm³/mol. The lowest BCUT2D eigenvalue weighted by atomic mass is 9.89. The molecule has 16 heterocycles. The zero-order valence-electron chi connectivity index (χ0n) is 86.6. The van der Waals surface area contributed by atoms with Crippen molar-refractivity contribution >= 4 is 83.4 Å². The summed E-state index contributed by atoms with van der Waals surface area (Å²) in [5.41, 5.74) is 0. The van der Waals surface area contributed by atoms with E-state index in [-0.39, 0.29) is 248 Å². The molecule has 0 aromatic heterocycles. The largest absolute Gasteiger partial charge is 0.469 e. The molecule has 16 rings (SSSR count). The number of ether oxygens (including phenoxy) is 21. The fourth-order valence-corrected chi connectivity index (χ4v) is 20.7. The molecule has 16 fully saturated rings. The average molecular weight is 2090 g/mol. The summed E-state index contributed by atoms with van der Waals surface area (Å²) in [5, 5.41) is 32.3. The van der Waals surface area contributed by atoms with E-state index in [1.165, 1.54) is 35.0 Å². The number of esters is 13. The van der Waals surface area contributed by atoms with Gasteiger partial charge in [-0.15, -0.1) is 0 Å². The maximum atomic E-state index is 11.9. The number of rotatable bonds is 54. The van der Waals surface area contributed by atoms with Crippen molar-refractivity contribution in [1.82, 2.24) is 42.5 Å². The maximum absolute atomic E-state index is 11.9. The Labute approximate surface area is 862 Å². The van der Waals surface area contributed by atoms with Crippen LogP contribution in [-0.2, 0) is 167 Å². The molecule has 24 unspecified atom stereocenters. The minimum atomic E-state index is -0.331. The normalized spacial score (nSPS) is 28.9. The van der Waals surface area contributed by atoms with Crippen molar-refractivity contribution in [3.63, 3.8) is 0 Å². The molecule has 24 atom stereocenters. The average Bonchev–Trinajstić information content (AvgIpc) is 1.72. The summed E-state index contributed by atoms with van der Waals surface area (Å²) in [6.07, 6.45) is 28.0. The molecule has 16 bridgehead atoms. The smallest absolute Gasteiger partial charge is 0.319 e. The van der Waals surface area contributed by atoms with Crippen LogP contribution in [0.3, 0.4) is 0 Å². The molecule has 0 amide bonds. The molecule has 45 heteroatoms. The second kappa shape index (κ2) is 68.8. The molecule has 0 aliphatic carbocycles. The molecule has 16 saturated heterocycles. The van der Waals surface area contributed by atoms with Crippen LogP contribution in [0.15, 0.2) is 0 Å². The summed E-state index contributed by atoms with van der Waals surface area (Å²) < 4.78 is 110. The fourth-order valence-electron chi connectivity index (χ4n) is 20.7. The van der Waals surface area contributed by atoms with Crippen molar-refractivity contribution in [2.24, 2.45) is 47.3 Å². The van der Waals surface area contributed by atoms with Gasteiger partial charge in [-0.1, -0.05) is 0 Å². The molecule has 16 aliphatic heterocycles. The number of carbonyl (C=O) groups excluding carboxylic acids is 14. The molecule has 8 N–H and O–H groups in total. The summed E-state index contributed by atoms with van der Waals surface area (Å²) in [7, 11) is 2.70. The number of nitriles is 1. The first-order chi connectivity index (χ1) is 71.2. The highest BCUT2D eigenvalue weighted by molar-refractivity contribution is 5.79. The highest BCUT2D eigenvalue weighted by Gasteiger charge is 2.52. The first kappa shape index (κ1) is 122. The summed E-state index contributed by atoms with van der Waals surface area (Å²) in [6, 6.07) is 1.96. The summed E-state index contributed by atoms with van der Waals surface area (Å²) in [5.74, 6) is -2.89. The number of hydrogen-bond acceptors (Lipinski definition) is 44. The van der Waals surface area contributed by atoms with Crippen molar-refractivity contribution in [1.29, 1.82) is 5.26 Å². The third-order valence-corrected chi connectivity index (χ3v) is 28.1. The molecule has 147 heavy (non-hydrogen) atoms. The van der Waals surface area contributed by atoms with Crippen LogP contribution in [0.5, 0.6) is 0 Å². The van der Waals surface area contributed by atoms with Gasteiger partial charge in [-0.25, -0.2) is 6.57 Å². The van der Waals surface area contributed by atoms with Crippen LogP contribution in [0, 0.1) is 65.2 Å². The van der Waals surface area contributed by atoms with E-state index < -0.39 is 0 Å². The van der Waals surface area contributed by atoms with E-state index in [1.54, 1.807) is 6.92 Å². The predicted octanol–water partition coefficient (Wildman–Crippen LogP) is 3.12. The van der Waals surface area contributed by atoms with Gasteiger partial charge in [0.05, 0.1) is 211 Å². The molecule has 0 aromatic rings. The molecule has 16 aliphatic rings. The van der Waals surface area contributed by atoms with E-state index in [9.17, 15) is 67.1 Å². The first-order valence-corrected chi connectivity index (χ1v) is 53.2. The van der Waals surface area contributed by atoms with Gasteiger partial charge in [-0.2, -0.15) is 5.26 Å². The molecular weight excluding hydrogens is 1930 g/mol. The minimum Gasteiger partial charge on any atom is -0.469 e. The van der Waals surface area contributed by atoms with Crippen LogP contribution in [0.25, 0.3) is 4.85 Å². The topological polar surface area (TPSA) is 557 Å². The van der Waals surface area contributed by atoms with Crippen molar-refractivity contribution in [2.45, 2.75) is 305 Å². The number of nitrogens with one attached hydrogen (secondary N) is 8. The Morgan fingerprint density at radius 3 is 0.789 bits per heavy atom. The number of fused-ring (bicyclic) bond motifs is 16. The van der Waals surface area contributed by atoms with Crippen LogP contribution < -0.4 is 42.5 Å². The third-order valence-electron chi connectivity index (χ3n) is 28.1. The van der Waals surface area contributed by atoms with Crippen molar-refractivity contribution < 1.29 is 167 Å². The summed E-state index contributed by atoms with van der Waals surface area (Å²) >= 11 is 0. The van der Waals surface area contributed by atoms with Gasteiger partial charge in [0.25, 0.3) is 0 Å². The second-order valence-electron chi connectivity index (χ2n) is 38.9. The maximum Gasteiger partial charge on any atom is 0.319 e. The molecule has 0 spiro atoms. The van der Waals surface area contributed by atoms with E-state index in [2.05, 4.69) is 56.9 Å². The quantitative estimate of drug-likeness (QED) is 0.0143. The first-order valence-electron chi connectivity index (χ1n) is 53.2. The second-order valence-corrected chi connectivity index (χ2v) is 38.9. The van der Waals surface area contributed by atoms with Gasteiger partial charge in [0.2, 0.25) is 6.54 Å². The van der Waals surface area contributed by atoms with E-state index in [0.29, 0.717) is 171 Å². The molecule has 45 nitrogen and oxygen atoms in total. The Balaban J connectivity index is 0.000000187. The van der Waals surface area contributed by atoms with Gasteiger partial charge < -0.3 is 147 Å². The van der Waals surface area contributed by atoms with Gasteiger partial charge in [-0.3, -0.25) is 67.1 Å². The molecule has 0 aromatic carbocycles. The van der Waals surface area contributed by atoms with Crippen LogP contribution in [0.2, 0.25) is 0 Å². The lowest BCUT2D eigenvalue weighted by Crippen LogP contribution is -2.31. The van der Waals surface area contributed by atoms with Crippen LogP contribution in [-0.4, -0.2) is 379 Å². The van der Waals surface area contributed by atoms with Crippen LogP contribution >= 0.6 is 0 Å². The molecular formula is C102H162N10O35. The van der Waals surface area contributed by atoms with E-state index in [1.807, 2.05) is 6.07 Å². The Bertz CT molecular complexity index is 4130. The van der Waals surface area contributed by atoms with Crippen LogP contribution in [0.1, 0.15) is 207 Å². The Morgan fingerprint density at radius 2 is 0.537 bits per heavy atom. The summed E-state index contributed by atoms with van der Waals surface area (Å²) in [6.45, 7) is 25.4. The van der Waals surface area contributed by atoms with Crippen LogP contribution in [0.4, 0.5) is 0 Å².